The van der Waals surface area contributed by atoms with Gasteiger partial charge in [0.1, 0.15) is 0 Å². The topological polar surface area (TPSA) is 163 Å². The van der Waals surface area contributed by atoms with E-state index in [4.69, 9.17) is 15.3 Å². The van der Waals surface area contributed by atoms with Gasteiger partial charge in [-0.15, -0.1) is 131 Å². The molecular weight excluding hydrogens is 1830 g/mol. The van der Waals surface area contributed by atoms with Crippen LogP contribution in [-0.4, -0.2) is 52.6 Å². The molecule has 0 bridgehead atoms. The van der Waals surface area contributed by atoms with Gasteiger partial charge in [0.2, 0.25) is 0 Å². The fraction of sp³-hybridized carbons (Fsp3) is 0.0822. The number of aliphatic hydroxyl groups is 3. The standard InChI is InChI=1S/3C15H10N.C13H8NS.3C5H8O2.4Ir/c1-2-7-13(8-3-1)15-14-9-5-4-6-12(14)10-11-16-15;2*1-2-6-12(7-3-1)15-11-10-13-8-4-5-9-14(13)16-15;1-2-7-12-10(5-1)9-13(15-12)11-6-3-4-8-14-11;3*1-4(6)3-5(2)7;;;;/h1-7,9-11H;2*1-6,8-11H;1-8H;3*3,6H,1-2H3;;;;/q4*-1;;;;;;;. The number of para-hydroxylation sites is 2. The fourth-order valence-corrected chi connectivity index (χ4v) is 8.81. The van der Waals surface area contributed by atoms with Crippen LogP contribution in [0.3, 0.4) is 0 Å². The molecule has 10 nitrogen and oxygen atoms in total. The van der Waals surface area contributed by atoms with Gasteiger partial charge in [0, 0.05) is 117 Å². The SMILES string of the molecule is CC(=O)C=C(C)O.CC(=O)C=C(C)O.CC(=O)C=C(C)O.[Ir].[Ir].[Ir].[Ir].[c-]1c(-c2ccccn2)sc2ccccc12.[c-]1ccccc1-c1ccc2ccccc2n1.[c-]1ccccc1-c1ccc2ccccc2n1.[c-]1ccccc1-c1nccc2ccccc12. The quantitative estimate of drug-likeness (QED) is 0.0795. The molecule has 12 aromatic rings. The van der Waals surface area contributed by atoms with Crippen LogP contribution in [0.15, 0.2) is 266 Å². The van der Waals surface area contributed by atoms with E-state index in [0.717, 1.165) is 55.4 Å². The van der Waals surface area contributed by atoms with Crippen LogP contribution in [0.4, 0.5) is 0 Å². The molecule has 0 fully saturated rings. The van der Waals surface area contributed by atoms with Gasteiger partial charge < -0.3 is 25.3 Å². The van der Waals surface area contributed by atoms with Gasteiger partial charge in [0.05, 0.1) is 28.3 Å². The normalized spacial score (nSPS) is 10.3. The predicted molar refractivity (Wildman–Crippen MR) is 343 cm³/mol. The van der Waals surface area contributed by atoms with Crippen LogP contribution in [0.5, 0.6) is 0 Å². The molecular formula is C73H62Ir4N4O6S-4. The van der Waals surface area contributed by atoms with Crippen LogP contribution >= 0.6 is 11.3 Å². The van der Waals surface area contributed by atoms with Gasteiger partial charge in [0.25, 0.3) is 0 Å². The van der Waals surface area contributed by atoms with Gasteiger partial charge in [-0.3, -0.25) is 24.4 Å². The molecule has 0 aliphatic heterocycles. The molecule has 0 saturated carbocycles. The average Bonchev–Trinajstić information content (AvgIpc) is 2.38. The predicted octanol–water partition coefficient (Wildman–Crippen LogP) is 18.0. The second kappa shape index (κ2) is 41.3. The van der Waals surface area contributed by atoms with Gasteiger partial charge in [-0.05, 0) is 114 Å². The van der Waals surface area contributed by atoms with Crippen molar-refractivity contribution < 1.29 is 110 Å². The first-order valence-electron chi connectivity index (χ1n) is 26.6. The molecule has 0 amide bonds. The van der Waals surface area contributed by atoms with Crippen molar-refractivity contribution in [2.24, 2.45) is 0 Å². The molecule has 0 saturated heterocycles. The summed E-state index contributed by atoms with van der Waals surface area (Å²) < 4.78 is 1.26. The summed E-state index contributed by atoms with van der Waals surface area (Å²) in [5, 5.41) is 31.0. The Labute approximate surface area is 572 Å². The third kappa shape index (κ3) is 26.6. The number of aromatic nitrogens is 4. The number of fused-ring (bicyclic) bond motifs is 4. The Morgan fingerprint density at radius 3 is 1.24 bits per heavy atom. The molecule has 15 heteroatoms. The number of aliphatic hydroxyl groups excluding tert-OH is 3. The van der Waals surface area contributed by atoms with E-state index >= 15 is 0 Å². The van der Waals surface area contributed by atoms with Crippen LogP contribution in [0.1, 0.15) is 41.5 Å². The molecule has 4 radical (unpaired) electrons. The van der Waals surface area contributed by atoms with Gasteiger partial charge >= 0.3 is 0 Å². The van der Waals surface area contributed by atoms with E-state index < -0.39 is 0 Å². The van der Waals surface area contributed by atoms with Gasteiger partial charge in [0.15, 0.2) is 17.3 Å². The number of hydrogen-bond acceptors (Lipinski definition) is 11. The van der Waals surface area contributed by atoms with Crippen molar-refractivity contribution in [1.82, 2.24) is 19.9 Å². The third-order valence-electron chi connectivity index (χ3n) is 11.3. The maximum absolute atomic E-state index is 10.0. The Hall–Kier alpha value is -7.89. The monoisotopic (exact) mass is 1890 g/mol. The molecule has 3 N–H and O–H groups in total. The van der Waals surface area contributed by atoms with Gasteiger partial charge in [-0.2, -0.15) is 0 Å². The van der Waals surface area contributed by atoms with E-state index in [1.54, 1.807) is 11.3 Å². The van der Waals surface area contributed by atoms with E-state index in [1.807, 2.05) is 176 Å². The minimum absolute atomic E-state index is 0. The van der Waals surface area contributed by atoms with E-state index in [9.17, 15) is 14.4 Å². The third-order valence-corrected chi connectivity index (χ3v) is 12.4. The minimum Gasteiger partial charge on any atom is -0.512 e. The number of carbonyl (C=O) groups is 3. The number of thiophene rings is 1. The molecule has 0 spiro atoms. The average molecular weight is 1890 g/mol. The number of pyridine rings is 4. The summed E-state index contributed by atoms with van der Waals surface area (Å²) in [4.78, 5) is 49.2. The van der Waals surface area contributed by atoms with Crippen molar-refractivity contribution >= 4 is 71.4 Å². The van der Waals surface area contributed by atoms with Crippen LogP contribution < -0.4 is 0 Å². The molecule has 12 rings (SSSR count). The summed E-state index contributed by atoms with van der Waals surface area (Å²) in [6.45, 7) is 8.54. The number of nitrogens with zero attached hydrogens (tertiary/aromatic N) is 4. The van der Waals surface area contributed by atoms with Crippen molar-refractivity contribution in [3.8, 4) is 44.3 Å². The molecule has 0 aliphatic rings. The summed E-state index contributed by atoms with van der Waals surface area (Å²) in [6, 6.07) is 85.7. The number of ketones is 3. The largest absolute Gasteiger partial charge is 0.512 e. The molecule has 5 aromatic heterocycles. The zero-order valence-corrected chi connectivity index (χ0v) is 59.2. The van der Waals surface area contributed by atoms with E-state index in [1.165, 1.54) is 91.4 Å². The van der Waals surface area contributed by atoms with Crippen molar-refractivity contribution in [1.29, 1.82) is 0 Å². The summed E-state index contributed by atoms with van der Waals surface area (Å²) >= 11 is 1.73. The molecule has 0 aliphatic carbocycles. The maximum Gasteiger partial charge on any atom is 0.155 e. The van der Waals surface area contributed by atoms with E-state index in [2.05, 4.69) is 98.8 Å². The zero-order valence-electron chi connectivity index (χ0n) is 48.8. The van der Waals surface area contributed by atoms with Gasteiger partial charge in [-0.25, -0.2) is 11.3 Å². The van der Waals surface area contributed by atoms with Crippen LogP contribution in [0, 0.1) is 24.3 Å². The molecule has 7 aromatic carbocycles. The van der Waals surface area contributed by atoms with Crippen LogP contribution in [0.2, 0.25) is 0 Å². The van der Waals surface area contributed by atoms with Gasteiger partial charge in [-0.1, -0.05) is 109 Å². The Morgan fingerprint density at radius 2 is 0.818 bits per heavy atom. The Kier molecular flexibility index (Phi) is 35.8. The van der Waals surface area contributed by atoms with Crippen LogP contribution in [-0.2, 0) is 94.8 Å². The number of rotatable bonds is 7. The molecule has 5 heterocycles. The van der Waals surface area contributed by atoms with E-state index in [-0.39, 0.29) is 115 Å². The summed E-state index contributed by atoms with van der Waals surface area (Å²) in [5.41, 5.74) is 9.10. The second-order valence-electron chi connectivity index (χ2n) is 18.4. The number of benzene rings is 7. The number of carbonyl (C=O) groups excluding carboxylic acids is 3. The summed E-state index contributed by atoms with van der Waals surface area (Å²) in [5.74, 6) is -0.187. The van der Waals surface area contributed by atoms with Crippen molar-refractivity contribution in [2.75, 3.05) is 0 Å². The first-order chi connectivity index (χ1) is 40.6. The van der Waals surface area contributed by atoms with E-state index in [0.29, 0.717) is 0 Å². The number of hydrogen-bond donors (Lipinski definition) is 3. The minimum atomic E-state index is -0.125. The van der Waals surface area contributed by atoms with Crippen LogP contribution in [0.25, 0.3) is 87.0 Å². The van der Waals surface area contributed by atoms with Crippen molar-refractivity contribution in [3.05, 3.63) is 291 Å². The zero-order chi connectivity index (χ0) is 60.1. The van der Waals surface area contributed by atoms with Crippen molar-refractivity contribution in [3.63, 3.8) is 0 Å². The first kappa shape index (κ1) is 76.2. The molecule has 456 valence electrons. The Balaban J connectivity index is 0.000000358. The summed E-state index contributed by atoms with van der Waals surface area (Å²) in [7, 11) is 0. The molecule has 0 unspecified atom stereocenters. The number of allylic oxidation sites excluding steroid dienone is 6. The maximum atomic E-state index is 10.0. The summed E-state index contributed by atoms with van der Waals surface area (Å²) in [6.07, 6.45) is 7.16. The Bertz CT molecular complexity index is 3910. The van der Waals surface area contributed by atoms with Crippen molar-refractivity contribution in [2.45, 2.75) is 41.5 Å². The molecule has 0 atom stereocenters. The smallest absolute Gasteiger partial charge is 0.155 e. The Morgan fingerprint density at radius 1 is 0.398 bits per heavy atom. The molecule has 88 heavy (non-hydrogen) atoms. The first-order valence-corrected chi connectivity index (χ1v) is 27.4. The fourth-order valence-electron chi connectivity index (χ4n) is 7.82. The second-order valence-corrected chi connectivity index (χ2v) is 19.5.